The van der Waals surface area contributed by atoms with Crippen molar-refractivity contribution >= 4 is 8.25 Å². The third-order valence-corrected chi connectivity index (χ3v) is 1.88. The van der Waals surface area contributed by atoms with E-state index in [1.54, 1.807) is 0 Å². The molecule has 0 aromatic heterocycles. The second-order valence-electron chi connectivity index (χ2n) is 3.26. The number of rotatable bonds is 6. The van der Waals surface area contributed by atoms with E-state index in [-0.39, 0.29) is 6.73 Å². The Kier molecular flexibility index (Phi) is 6.37. The lowest BCUT2D eigenvalue weighted by Gasteiger charge is -2.28. The Morgan fingerprint density at radius 3 is 2.08 bits per heavy atom. The van der Waals surface area contributed by atoms with Crippen molar-refractivity contribution in [3.63, 3.8) is 0 Å². The fraction of sp³-hybridized carbons (Fsp3) is 1.00. The molecule has 0 aromatic rings. The summed E-state index contributed by atoms with van der Waals surface area (Å²) in [6, 6.07) is 0.611. The molecule has 0 aliphatic heterocycles. The van der Waals surface area contributed by atoms with Crippen LogP contribution >= 0.6 is 8.25 Å². The monoisotopic (exact) mass is 210 g/mol. The minimum atomic E-state index is -2.67. The molecule has 6 heteroatoms. The van der Waals surface area contributed by atoms with Crippen LogP contribution in [0.5, 0.6) is 0 Å². The molecule has 0 aliphatic carbocycles. The van der Waals surface area contributed by atoms with Crippen LogP contribution in [0.15, 0.2) is 0 Å². The first kappa shape index (κ1) is 12.9. The van der Waals surface area contributed by atoms with E-state index >= 15 is 0 Å². The number of nitrogens with zero attached hydrogens (tertiary/aromatic N) is 1. The first-order valence-electron chi connectivity index (χ1n) is 4.16. The highest BCUT2D eigenvalue weighted by Gasteiger charge is 2.13. The van der Waals surface area contributed by atoms with Crippen LogP contribution in [0.1, 0.15) is 27.7 Å². The fourth-order valence-electron chi connectivity index (χ4n) is 1.02. The summed E-state index contributed by atoms with van der Waals surface area (Å²) in [5, 5.41) is 0. The Morgan fingerprint density at radius 1 is 1.31 bits per heavy atom. The molecule has 1 atom stereocenters. The van der Waals surface area contributed by atoms with Crippen LogP contribution in [0.25, 0.3) is 0 Å². The second kappa shape index (κ2) is 6.40. The van der Waals surface area contributed by atoms with Crippen LogP contribution in [-0.4, -0.2) is 28.6 Å². The highest BCUT2D eigenvalue weighted by atomic mass is 31.1. The molecule has 1 radical (unpaired) electrons. The predicted octanol–water partition coefficient (Wildman–Crippen LogP) is 1.66. The molecule has 0 heterocycles. The molecular formula is C7H17NO4P. The van der Waals surface area contributed by atoms with Gasteiger partial charge in [-0.2, -0.15) is 0 Å². The average molecular weight is 210 g/mol. The van der Waals surface area contributed by atoms with Gasteiger partial charge in [-0.3, -0.25) is 9.79 Å². The molecule has 0 saturated carbocycles. The molecule has 0 aromatic carbocycles. The standard InChI is InChI=1S/C7H17NO4P/c1-6(2)8(7(3)4)5-11-12-13(9)10/h6-7H,5H2,1-4H3,(H,9,10). The summed E-state index contributed by atoms with van der Waals surface area (Å²) < 4.78 is 14.2. The third-order valence-electron chi connectivity index (χ3n) is 1.64. The molecule has 0 rings (SSSR count). The van der Waals surface area contributed by atoms with Gasteiger partial charge in [0.2, 0.25) is 0 Å². The van der Waals surface area contributed by atoms with Crippen molar-refractivity contribution in [1.82, 2.24) is 4.90 Å². The molecule has 0 fully saturated rings. The van der Waals surface area contributed by atoms with Gasteiger partial charge in [0.25, 0.3) is 0 Å². The summed E-state index contributed by atoms with van der Waals surface area (Å²) in [7, 11) is -2.67. The molecular weight excluding hydrogens is 193 g/mol. The lowest BCUT2D eigenvalue weighted by atomic mass is 10.2. The molecule has 79 valence electrons. The van der Waals surface area contributed by atoms with Crippen molar-refractivity contribution in [3.05, 3.63) is 0 Å². The summed E-state index contributed by atoms with van der Waals surface area (Å²) in [5.41, 5.74) is 0. The molecule has 0 spiro atoms. The molecule has 1 N–H and O–H groups in total. The topological polar surface area (TPSA) is 59.0 Å². The Balaban J connectivity index is 3.77. The lowest BCUT2D eigenvalue weighted by molar-refractivity contribution is -0.244. The van der Waals surface area contributed by atoms with Crippen molar-refractivity contribution < 1.29 is 19.0 Å². The highest BCUT2D eigenvalue weighted by molar-refractivity contribution is 7.31. The summed E-state index contributed by atoms with van der Waals surface area (Å²) >= 11 is 0. The zero-order chi connectivity index (χ0) is 10.4. The van der Waals surface area contributed by atoms with Crippen molar-refractivity contribution in [3.8, 4) is 0 Å². The van der Waals surface area contributed by atoms with E-state index in [4.69, 9.17) is 4.89 Å². The maximum absolute atomic E-state index is 10.1. The zero-order valence-electron chi connectivity index (χ0n) is 8.43. The van der Waals surface area contributed by atoms with E-state index in [1.807, 2.05) is 32.6 Å². The molecule has 1 unspecified atom stereocenters. The molecule has 5 nitrogen and oxygen atoms in total. The average Bonchev–Trinajstić information content (AvgIpc) is 1.95. The zero-order valence-corrected chi connectivity index (χ0v) is 9.32. The van der Waals surface area contributed by atoms with Gasteiger partial charge in [0.15, 0.2) is 0 Å². The van der Waals surface area contributed by atoms with Crippen LogP contribution in [0.3, 0.4) is 0 Å². The predicted molar refractivity (Wildman–Crippen MR) is 49.0 cm³/mol. The van der Waals surface area contributed by atoms with Gasteiger partial charge in [0.05, 0.1) is 0 Å². The van der Waals surface area contributed by atoms with Gasteiger partial charge in [-0.05, 0) is 27.7 Å². The van der Waals surface area contributed by atoms with Gasteiger partial charge >= 0.3 is 8.25 Å². The van der Waals surface area contributed by atoms with Crippen LogP contribution in [0.4, 0.5) is 0 Å². The Labute approximate surface area is 79.5 Å². The molecule has 0 saturated heterocycles. The third kappa shape index (κ3) is 6.07. The summed E-state index contributed by atoms with van der Waals surface area (Å²) in [4.78, 5) is 14.8. The van der Waals surface area contributed by atoms with Crippen molar-refractivity contribution in [2.45, 2.75) is 39.8 Å². The van der Waals surface area contributed by atoms with Crippen LogP contribution < -0.4 is 0 Å². The first-order chi connectivity index (χ1) is 5.95. The fourth-order valence-corrected chi connectivity index (χ4v) is 1.16. The summed E-state index contributed by atoms with van der Waals surface area (Å²) in [6.07, 6.45) is 0. The Hall–Kier alpha value is -0.0600. The van der Waals surface area contributed by atoms with Gasteiger partial charge in [-0.1, -0.05) is 0 Å². The van der Waals surface area contributed by atoms with Crippen LogP contribution in [0, 0.1) is 0 Å². The summed E-state index contributed by atoms with van der Waals surface area (Å²) in [5.74, 6) is 0. The quantitative estimate of drug-likeness (QED) is 0.312. The van der Waals surface area contributed by atoms with E-state index in [2.05, 4.69) is 9.56 Å². The van der Waals surface area contributed by atoms with E-state index in [0.29, 0.717) is 12.1 Å². The minimum absolute atomic E-state index is 0.191. The van der Waals surface area contributed by atoms with Crippen LogP contribution in [-0.2, 0) is 14.1 Å². The SMILES string of the molecule is CC(C)N(COO[P](=O)O)C(C)C. The molecule has 0 bridgehead atoms. The van der Waals surface area contributed by atoms with Crippen molar-refractivity contribution in [2.24, 2.45) is 0 Å². The normalized spacial score (nSPS) is 13.1. The maximum Gasteiger partial charge on any atom is 0.395 e. The van der Waals surface area contributed by atoms with Gasteiger partial charge in [-0.25, -0.2) is 9.45 Å². The van der Waals surface area contributed by atoms with Crippen molar-refractivity contribution in [2.75, 3.05) is 6.73 Å². The van der Waals surface area contributed by atoms with Crippen LogP contribution in [0.2, 0.25) is 0 Å². The highest BCUT2D eigenvalue weighted by Crippen LogP contribution is 2.15. The largest absolute Gasteiger partial charge is 0.395 e. The number of hydrogen-bond donors (Lipinski definition) is 1. The second-order valence-corrected chi connectivity index (χ2v) is 3.89. The van der Waals surface area contributed by atoms with Crippen molar-refractivity contribution in [1.29, 1.82) is 0 Å². The van der Waals surface area contributed by atoms with E-state index < -0.39 is 8.25 Å². The van der Waals surface area contributed by atoms with E-state index in [9.17, 15) is 4.57 Å². The smallest absolute Gasteiger partial charge is 0.297 e. The van der Waals surface area contributed by atoms with E-state index in [0.717, 1.165) is 0 Å². The Morgan fingerprint density at radius 2 is 1.77 bits per heavy atom. The lowest BCUT2D eigenvalue weighted by Crippen LogP contribution is -2.38. The maximum atomic E-state index is 10.1. The molecule has 13 heavy (non-hydrogen) atoms. The van der Waals surface area contributed by atoms with Gasteiger partial charge in [0, 0.05) is 12.1 Å². The minimum Gasteiger partial charge on any atom is -0.297 e. The van der Waals surface area contributed by atoms with Gasteiger partial charge in [-0.15, -0.1) is 4.67 Å². The first-order valence-corrected chi connectivity index (χ1v) is 5.29. The molecule has 0 aliphatic rings. The van der Waals surface area contributed by atoms with Gasteiger partial charge < -0.3 is 0 Å². The van der Waals surface area contributed by atoms with Gasteiger partial charge in [0.1, 0.15) is 6.73 Å². The molecule has 0 amide bonds. The number of hydrogen-bond acceptors (Lipinski definition) is 4. The Bertz CT molecular complexity index is 155. The van der Waals surface area contributed by atoms with E-state index in [1.165, 1.54) is 0 Å². The summed E-state index contributed by atoms with van der Waals surface area (Å²) in [6.45, 7) is 8.26.